The summed E-state index contributed by atoms with van der Waals surface area (Å²) in [6, 6.07) is 2.82. The van der Waals surface area contributed by atoms with E-state index in [9.17, 15) is 0 Å². The summed E-state index contributed by atoms with van der Waals surface area (Å²) in [5.74, 6) is 0. The van der Waals surface area contributed by atoms with Gasteiger partial charge in [-0.05, 0) is 62.3 Å². The van der Waals surface area contributed by atoms with Crippen LogP contribution < -0.4 is 5.32 Å². The summed E-state index contributed by atoms with van der Waals surface area (Å²) in [5.41, 5.74) is 3.03. The van der Waals surface area contributed by atoms with Crippen LogP contribution in [0.2, 0.25) is 0 Å². The number of thiophene rings is 1. The lowest BCUT2D eigenvalue weighted by molar-refractivity contribution is 0.219. The second-order valence-electron chi connectivity index (χ2n) is 5.46. The van der Waals surface area contributed by atoms with Crippen molar-refractivity contribution in [3.63, 3.8) is 0 Å². The highest BCUT2D eigenvalue weighted by Crippen LogP contribution is 2.37. The van der Waals surface area contributed by atoms with Crippen molar-refractivity contribution in [3.05, 3.63) is 33.2 Å². The predicted octanol–water partition coefficient (Wildman–Crippen LogP) is 3.97. The Kier molecular flexibility index (Phi) is 4.24. The zero-order valence-electron chi connectivity index (χ0n) is 11.7. The van der Waals surface area contributed by atoms with Crippen LogP contribution in [0.3, 0.4) is 0 Å². The van der Waals surface area contributed by atoms with E-state index in [0.717, 1.165) is 19.6 Å². The lowest BCUT2D eigenvalue weighted by atomic mass is 9.96. The van der Waals surface area contributed by atoms with Crippen molar-refractivity contribution in [2.75, 3.05) is 13.2 Å². The minimum absolute atomic E-state index is 0.376. The fourth-order valence-electron chi connectivity index (χ4n) is 3.07. The summed E-state index contributed by atoms with van der Waals surface area (Å²) in [7, 11) is 0. The number of rotatable bonds is 4. The SMILES string of the molecule is CCNC(C1=COCCC1)c1cc2c(s1)CCCC2. The Morgan fingerprint density at radius 2 is 2.16 bits per heavy atom. The molecule has 0 radical (unpaired) electrons. The Morgan fingerprint density at radius 3 is 2.89 bits per heavy atom. The minimum Gasteiger partial charge on any atom is -0.501 e. The van der Waals surface area contributed by atoms with Crippen molar-refractivity contribution in [2.24, 2.45) is 0 Å². The molecule has 1 N–H and O–H groups in total. The lowest BCUT2D eigenvalue weighted by Gasteiger charge is -2.23. The van der Waals surface area contributed by atoms with E-state index >= 15 is 0 Å². The molecule has 0 fully saturated rings. The number of fused-ring (bicyclic) bond motifs is 1. The van der Waals surface area contributed by atoms with Crippen molar-refractivity contribution in [3.8, 4) is 0 Å². The Labute approximate surface area is 119 Å². The van der Waals surface area contributed by atoms with Crippen LogP contribution in [0.25, 0.3) is 0 Å². The predicted molar refractivity (Wildman–Crippen MR) is 80.6 cm³/mol. The van der Waals surface area contributed by atoms with Crippen LogP contribution in [0, 0.1) is 0 Å². The molecule has 104 valence electrons. The highest BCUT2D eigenvalue weighted by atomic mass is 32.1. The van der Waals surface area contributed by atoms with Gasteiger partial charge >= 0.3 is 0 Å². The van der Waals surface area contributed by atoms with Crippen LogP contribution in [-0.4, -0.2) is 13.2 Å². The average Bonchev–Trinajstić information content (AvgIpc) is 2.89. The van der Waals surface area contributed by atoms with Crippen molar-refractivity contribution in [1.29, 1.82) is 0 Å². The monoisotopic (exact) mass is 277 g/mol. The van der Waals surface area contributed by atoms with Gasteiger partial charge in [-0.1, -0.05) is 6.92 Å². The van der Waals surface area contributed by atoms with Gasteiger partial charge in [0.05, 0.1) is 18.9 Å². The van der Waals surface area contributed by atoms with Crippen molar-refractivity contribution in [2.45, 2.75) is 51.5 Å². The molecule has 2 aliphatic rings. The number of hydrogen-bond acceptors (Lipinski definition) is 3. The third-order valence-electron chi connectivity index (χ3n) is 4.04. The van der Waals surface area contributed by atoms with E-state index in [4.69, 9.17) is 4.74 Å². The van der Waals surface area contributed by atoms with Gasteiger partial charge in [0.2, 0.25) is 0 Å². The normalized spacial score (nSPS) is 20.4. The fraction of sp³-hybridized carbons (Fsp3) is 0.625. The Hall–Kier alpha value is -0.800. The summed E-state index contributed by atoms with van der Waals surface area (Å²) in [6.45, 7) is 4.07. The van der Waals surface area contributed by atoms with E-state index in [1.165, 1.54) is 42.6 Å². The quantitative estimate of drug-likeness (QED) is 0.899. The number of likely N-dealkylation sites (N-methyl/N-ethyl adjacent to an activating group) is 1. The molecule has 2 nitrogen and oxygen atoms in total. The highest BCUT2D eigenvalue weighted by Gasteiger charge is 2.22. The smallest absolute Gasteiger partial charge is 0.0876 e. The molecule has 1 atom stereocenters. The zero-order chi connectivity index (χ0) is 13.1. The fourth-order valence-corrected chi connectivity index (χ4v) is 4.45. The summed E-state index contributed by atoms with van der Waals surface area (Å²) in [5, 5.41) is 3.64. The first-order chi connectivity index (χ1) is 9.38. The molecule has 0 aromatic carbocycles. The lowest BCUT2D eigenvalue weighted by Crippen LogP contribution is -2.23. The summed E-state index contributed by atoms with van der Waals surface area (Å²) in [4.78, 5) is 3.12. The van der Waals surface area contributed by atoms with Crippen LogP contribution >= 0.6 is 11.3 Å². The second-order valence-corrected chi connectivity index (χ2v) is 6.63. The molecule has 3 rings (SSSR count). The Bertz CT molecular complexity index is 440. The molecule has 0 saturated heterocycles. The number of aryl methyl sites for hydroxylation is 2. The van der Waals surface area contributed by atoms with Gasteiger partial charge in [-0.3, -0.25) is 0 Å². The van der Waals surface area contributed by atoms with E-state index < -0.39 is 0 Å². The van der Waals surface area contributed by atoms with Crippen molar-refractivity contribution in [1.82, 2.24) is 5.32 Å². The molecule has 0 bridgehead atoms. The molecule has 1 aromatic heterocycles. The third-order valence-corrected chi connectivity index (χ3v) is 5.34. The summed E-state index contributed by atoms with van der Waals surface area (Å²) in [6.07, 6.45) is 9.61. The third kappa shape index (κ3) is 2.87. The van der Waals surface area contributed by atoms with E-state index in [1.807, 2.05) is 17.6 Å². The maximum absolute atomic E-state index is 5.54. The van der Waals surface area contributed by atoms with Crippen LogP contribution in [0.5, 0.6) is 0 Å². The number of nitrogens with one attached hydrogen (secondary N) is 1. The largest absolute Gasteiger partial charge is 0.501 e. The van der Waals surface area contributed by atoms with E-state index in [2.05, 4.69) is 18.3 Å². The van der Waals surface area contributed by atoms with E-state index in [0.29, 0.717) is 6.04 Å². The topological polar surface area (TPSA) is 21.3 Å². The van der Waals surface area contributed by atoms with Gasteiger partial charge in [-0.2, -0.15) is 0 Å². The number of ether oxygens (including phenoxy) is 1. The minimum atomic E-state index is 0.376. The molecule has 1 aliphatic heterocycles. The molecule has 0 amide bonds. The van der Waals surface area contributed by atoms with Gasteiger partial charge < -0.3 is 10.1 Å². The molecule has 0 saturated carbocycles. The van der Waals surface area contributed by atoms with Gasteiger partial charge in [0, 0.05) is 9.75 Å². The van der Waals surface area contributed by atoms with E-state index in [-0.39, 0.29) is 0 Å². The maximum atomic E-state index is 5.54. The molecule has 1 unspecified atom stereocenters. The summed E-state index contributed by atoms with van der Waals surface area (Å²) >= 11 is 2.02. The van der Waals surface area contributed by atoms with Crippen LogP contribution in [0.4, 0.5) is 0 Å². The van der Waals surface area contributed by atoms with Gasteiger partial charge in [0.25, 0.3) is 0 Å². The highest BCUT2D eigenvalue weighted by molar-refractivity contribution is 7.12. The molecule has 0 spiro atoms. The first kappa shape index (κ1) is 13.2. The first-order valence-electron chi connectivity index (χ1n) is 7.54. The maximum Gasteiger partial charge on any atom is 0.0876 e. The molecule has 3 heteroatoms. The van der Waals surface area contributed by atoms with Crippen LogP contribution in [0.15, 0.2) is 17.9 Å². The summed E-state index contributed by atoms with van der Waals surface area (Å²) < 4.78 is 5.54. The van der Waals surface area contributed by atoms with Crippen molar-refractivity contribution >= 4 is 11.3 Å². The van der Waals surface area contributed by atoms with Gasteiger partial charge in [0.15, 0.2) is 0 Å². The molecule has 2 heterocycles. The molecule has 19 heavy (non-hydrogen) atoms. The van der Waals surface area contributed by atoms with Gasteiger partial charge in [0.1, 0.15) is 0 Å². The average molecular weight is 277 g/mol. The first-order valence-corrected chi connectivity index (χ1v) is 8.35. The van der Waals surface area contributed by atoms with Crippen LogP contribution in [0.1, 0.15) is 54.0 Å². The standard InChI is InChI=1S/C16H23NOS/c1-2-17-16(13-7-5-9-18-11-13)15-10-12-6-3-4-8-14(12)19-15/h10-11,16-17H,2-9H2,1H3. The Balaban J connectivity index is 1.86. The molecular weight excluding hydrogens is 254 g/mol. The Morgan fingerprint density at radius 1 is 1.26 bits per heavy atom. The van der Waals surface area contributed by atoms with Crippen LogP contribution in [-0.2, 0) is 17.6 Å². The van der Waals surface area contributed by atoms with E-state index in [1.54, 1.807) is 10.4 Å². The molecular formula is C16H23NOS. The molecule has 1 aromatic rings. The van der Waals surface area contributed by atoms with Gasteiger partial charge in [-0.15, -0.1) is 11.3 Å². The molecule has 1 aliphatic carbocycles. The van der Waals surface area contributed by atoms with Crippen molar-refractivity contribution < 1.29 is 4.74 Å². The zero-order valence-corrected chi connectivity index (χ0v) is 12.5. The number of hydrogen-bond donors (Lipinski definition) is 1. The second kappa shape index (κ2) is 6.10. The van der Waals surface area contributed by atoms with Gasteiger partial charge in [-0.25, -0.2) is 0 Å².